The predicted molar refractivity (Wildman–Crippen MR) is 119 cm³/mol. The number of anilines is 1. The van der Waals surface area contributed by atoms with E-state index in [1.807, 2.05) is 65.6 Å². The van der Waals surface area contributed by atoms with Gasteiger partial charge in [-0.15, -0.1) is 0 Å². The third-order valence-corrected chi connectivity index (χ3v) is 6.02. The predicted octanol–water partition coefficient (Wildman–Crippen LogP) is 4.07. The summed E-state index contributed by atoms with van der Waals surface area (Å²) in [4.78, 5) is 22.0. The lowest BCUT2D eigenvalue weighted by Gasteiger charge is -2.27. The van der Waals surface area contributed by atoms with Crippen LogP contribution in [-0.4, -0.2) is 55.2 Å². The first-order valence-corrected chi connectivity index (χ1v) is 10.8. The molecule has 1 amide bonds. The second-order valence-corrected chi connectivity index (χ2v) is 8.01. The van der Waals surface area contributed by atoms with E-state index in [0.29, 0.717) is 6.54 Å². The van der Waals surface area contributed by atoms with E-state index in [1.165, 1.54) is 0 Å². The zero-order valence-corrected chi connectivity index (χ0v) is 17.2. The summed E-state index contributed by atoms with van der Waals surface area (Å²) in [5.74, 6) is -0.0325. The molecule has 2 aromatic carbocycles. The van der Waals surface area contributed by atoms with Crippen molar-refractivity contribution >= 4 is 38.7 Å². The molecule has 29 heavy (non-hydrogen) atoms. The second-order valence-electron chi connectivity index (χ2n) is 7.01. The minimum Gasteiger partial charge on any atom is -0.379 e. The van der Waals surface area contributed by atoms with Gasteiger partial charge >= 0.3 is 0 Å². The van der Waals surface area contributed by atoms with Crippen molar-refractivity contribution in [1.82, 2.24) is 9.88 Å². The van der Waals surface area contributed by atoms with Crippen LogP contribution in [0.25, 0.3) is 16.3 Å². The topological polar surface area (TPSA) is 45.7 Å². The highest BCUT2D eigenvalue weighted by molar-refractivity contribution is 7.22. The largest absolute Gasteiger partial charge is 0.379 e. The Morgan fingerprint density at radius 1 is 1.10 bits per heavy atom. The van der Waals surface area contributed by atoms with Gasteiger partial charge in [-0.1, -0.05) is 53.8 Å². The van der Waals surface area contributed by atoms with Crippen LogP contribution in [0.2, 0.25) is 0 Å². The molecule has 0 spiro atoms. The van der Waals surface area contributed by atoms with Gasteiger partial charge in [-0.05, 0) is 30.2 Å². The summed E-state index contributed by atoms with van der Waals surface area (Å²) < 4.78 is 6.52. The van der Waals surface area contributed by atoms with Crippen LogP contribution in [0.1, 0.15) is 12.0 Å². The number of amides is 1. The molecule has 1 saturated heterocycles. The summed E-state index contributed by atoms with van der Waals surface area (Å²) in [6.45, 7) is 5.11. The Morgan fingerprint density at radius 2 is 1.86 bits per heavy atom. The molecule has 1 aliphatic heterocycles. The monoisotopic (exact) mass is 407 g/mol. The number of carbonyl (C=O) groups excluding carboxylic acids is 1. The number of aromatic nitrogens is 1. The number of morpholine rings is 1. The van der Waals surface area contributed by atoms with Crippen LogP contribution in [0.5, 0.6) is 0 Å². The Morgan fingerprint density at radius 3 is 2.66 bits per heavy atom. The van der Waals surface area contributed by atoms with Crippen LogP contribution in [0.3, 0.4) is 0 Å². The molecule has 0 atom stereocenters. The summed E-state index contributed by atoms with van der Waals surface area (Å²) >= 11 is 1.57. The number of nitrogens with zero attached hydrogens (tertiary/aromatic N) is 3. The molecule has 1 aromatic heterocycles. The van der Waals surface area contributed by atoms with Crippen LogP contribution in [0, 0.1) is 0 Å². The first-order chi connectivity index (χ1) is 14.3. The van der Waals surface area contributed by atoms with Gasteiger partial charge < -0.3 is 4.74 Å². The number of fused-ring (bicyclic) bond motifs is 1. The Balaban J connectivity index is 1.49. The summed E-state index contributed by atoms with van der Waals surface area (Å²) in [5.41, 5.74) is 1.95. The highest BCUT2D eigenvalue weighted by Gasteiger charge is 2.18. The van der Waals surface area contributed by atoms with E-state index in [9.17, 15) is 4.79 Å². The van der Waals surface area contributed by atoms with E-state index in [0.717, 1.165) is 60.2 Å². The molecule has 2 heterocycles. The Bertz CT molecular complexity index is 931. The number of carbonyl (C=O) groups is 1. The average molecular weight is 408 g/mol. The fraction of sp³-hybridized carbons (Fsp3) is 0.304. The second kappa shape index (κ2) is 9.78. The van der Waals surface area contributed by atoms with Gasteiger partial charge in [-0.3, -0.25) is 14.6 Å². The van der Waals surface area contributed by atoms with Crippen LogP contribution in [0.4, 0.5) is 5.13 Å². The molecule has 0 N–H and O–H groups in total. The van der Waals surface area contributed by atoms with Crippen molar-refractivity contribution in [1.29, 1.82) is 0 Å². The van der Waals surface area contributed by atoms with E-state index >= 15 is 0 Å². The van der Waals surface area contributed by atoms with Crippen molar-refractivity contribution in [3.8, 4) is 0 Å². The lowest BCUT2D eigenvalue weighted by atomic mass is 10.2. The lowest BCUT2D eigenvalue weighted by molar-refractivity contribution is -0.114. The number of hydrogen-bond acceptors (Lipinski definition) is 5. The number of ether oxygens (including phenoxy) is 1. The zero-order valence-electron chi connectivity index (χ0n) is 16.4. The molecule has 0 radical (unpaired) electrons. The zero-order chi connectivity index (χ0) is 19.9. The van der Waals surface area contributed by atoms with Gasteiger partial charge in [-0.2, -0.15) is 0 Å². The molecule has 1 fully saturated rings. The molecule has 1 aliphatic rings. The fourth-order valence-corrected chi connectivity index (χ4v) is 4.37. The van der Waals surface area contributed by atoms with E-state index in [1.54, 1.807) is 17.4 Å². The number of hydrogen-bond donors (Lipinski definition) is 0. The number of para-hydroxylation sites is 1. The molecule has 6 heteroatoms. The van der Waals surface area contributed by atoms with Crippen LogP contribution in [0.15, 0.2) is 60.7 Å². The van der Waals surface area contributed by atoms with Gasteiger partial charge in [0, 0.05) is 32.3 Å². The minimum absolute atomic E-state index is 0.0325. The molecular formula is C23H25N3O2S. The SMILES string of the molecule is O=C(/C=C/c1ccccc1)N(CCCN1CCOCC1)c1nc2ccccc2s1. The standard InChI is InChI=1S/C23H25N3O2S/c27-22(12-11-19-7-2-1-3-8-19)26(14-6-13-25-15-17-28-18-16-25)23-24-20-9-4-5-10-21(20)29-23/h1-5,7-12H,6,13-18H2/b12-11+. The summed E-state index contributed by atoms with van der Waals surface area (Å²) in [6.07, 6.45) is 4.42. The van der Waals surface area contributed by atoms with Gasteiger partial charge in [0.2, 0.25) is 0 Å². The Hall–Kier alpha value is -2.54. The molecular weight excluding hydrogens is 382 g/mol. The van der Waals surface area contributed by atoms with Crippen molar-refractivity contribution in [2.45, 2.75) is 6.42 Å². The summed E-state index contributed by atoms with van der Waals surface area (Å²) in [7, 11) is 0. The maximum atomic E-state index is 13.0. The highest BCUT2D eigenvalue weighted by Crippen LogP contribution is 2.29. The maximum Gasteiger partial charge on any atom is 0.252 e. The maximum absolute atomic E-state index is 13.0. The van der Waals surface area contributed by atoms with Crippen molar-refractivity contribution in [3.05, 3.63) is 66.2 Å². The van der Waals surface area contributed by atoms with Crippen LogP contribution in [-0.2, 0) is 9.53 Å². The molecule has 0 saturated carbocycles. The van der Waals surface area contributed by atoms with Crippen molar-refractivity contribution in [2.24, 2.45) is 0 Å². The van der Waals surface area contributed by atoms with E-state index in [4.69, 9.17) is 9.72 Å². The van der Waals surface area contributed by atoms with Gasteiger partial charge in [0.25, 0.3) is 5.91 Å². The van der Waals surface area contributed by atoms with Gasteiger partial charge in [0.1, 0.15) is 0 Å². The quantitative estimate of drug-likeness (QED) is 0.554. The first kappa shape index (κ1) is 19.8. The molecule has 150 valence electrons. The van der Waals surface area contributed by atoms with Gasteiger partial charge in [0.15, 0.2) is 5.13 Å². The summed E-state index contributed by atoms with van der Waals surface area (Å²) in [5, 5.41) is 0.760. The number of thiazole rings is 1. The molecule has 0 unspecified atom stereocenters. The van der Waals surface area contributed by atoms with Crippen molar-refractivity contribution in [3.63, 3.8) is 0 Å². The van der Waals surface area contributed by atoms with Crippen LogP contribution < -0.4 is 4.90 Å². The van der Waals surface area contributed by atoms with Gasteiger partial charge in [-0.25, -0.2) is 4.98 Å². The summed E-state index contributed by atoms with van der Waals surface area (Å²) in [6, 6.07) is 17.9. The third-order valence-electron chi connectivity index (χ3n) is 4.96. The lowest BCUT2D eigenvalue weighted by Crippen LogP contribution is -2.39. The average Bonchev–Trinajstić information content (AvgIpc) is 3.20. The van der Waals surface area contributed by atoms with E-state index < -0.39 is 0 Å². The van der Waals surface area contributed by atoms with E-state index in [2.05, 4.69) is 4.90 Å². The Kier molecular flexibility index (Phi) is 6.67. The first-order valence-electron chi connectivity index (χ1n) is 10.00. The smallest absolute Gasteiger partial charge is 0.252 e. The fourth-order valence-electron chi connectivity index (χ4n) is 3.37. The normalized spacial score (nSPS) is 15.2. The highest BCUT2D eigenvalue weighted by atomic mass is 32.1. The number of rotatable bonds is 7. The van der Waals surface area contributed by atoms with Gasteiger partial charge in [0.05, 0.1) is 23.4 Å². The molecule has 0 aliphatic carbocycles. The number of benzene rings is 2. The molecule has 3 aromatic rings. The molecule has 5 nitrogen and oxygen atoms in total. The van der Waals surface area contributed by atoms with E-state index in [-0.39, 0.29) is 5.91 Å². The van der Waals surface area contributed by atoms with Crippen LogP contribution >= 0.6 is 11.3 Å². The van der Waals surface area contributed by atoms with Crippen molar-refractivity contribution < 1.29 is 9.53 Å². The molecule has 0 bridgehead atoms. The Labute approximate surface area is 175 Å². The molecule has 4 rings (SSSR count). The third kappa shape index (κ3) is 5.29. The minimum atomic E-state index is -0.0325. The van der Waals surface area contributed by atoms with Crippen molar-refractivity contribution in [2.75, 3.05) is 44.3 Å².